The lowest BCUT2D eigenvalue weighted by Crippen LogP contribution is -2.41. The molecule has 6 heteroatoms. The minimum absolute atomic E-state index is 0.168. The number of anilines is 1. The van der Waals surface area contributed by atoms with Gasteiger partial charge in [-0.05, 0) is 63.6 Å². The highest BCUT2D eigenvalue weighted by atomic mass is 35.5. The molecular formula is C21H30ClN5. The first-order valence-electron chi connectivity index (χ1n) is 9.69. The van der Waals surface area contributed by atoms with Gasteiger partial charge in [0.2, 0.25) is 5.95 Å². The molecule has 1 fully saturated rings. The highest BCUT2D eigenvalue weighted by Gasteiger charge is 2.38. The number of hydrogen-bond donors (Lipinski definition) is 2. The Balaban J connectivity index is 1.87. The lowest BCUT2D eigenvalue weighted by atomic mass is 9.70. The van der Waals surface area contributed by atoms with Gasteiger partial charge in [0.05, 0.1) is 5.69 Å². The standard InChI is InChI=1S/C21H30ClN5/c1-16(15-27(2)3)14-25-20-24-11-8-19(26-20)21(9-12-23-13-10-21)17-6-4-5-7-18(17)22/h4-8,11,16,23H,9-10,12-15H2,1-3H3,(H,24,25,26)/t16-/m1/s1. The van der Waals surface area contributed by atoms with Gasteiger partial charge in [0.25, 0.3) is 0 Å². The van der Waals surface area contributed by atoms with E-state index in [9.17, 15) is 0 Å². The molecule has 1 aromatic heterocycles. The predicted octanol–water partition coefficient (Wildman–Crippen LogP) is 3.41. The maximum Gasteiger partial charge on any atom is 0.222 e. The lowest BCUT2D eigenvalue weighted by Gasteiger charge is -2.38. The number of aromatic nitrogens is 2. The van der Waals surface area contributed by atoms with Crippen LogP contribution in [0.15, 0.2) is 36.5 Å². The van der Waals surface area contributed by atoms with Crippen molar-refractivity contribution in [3.8, 4) is 0 Å². The average molecular weight is 388 g/mol. The molecule has 3 rings (SSSR count). The highest BCUT2D eigenvalue weighted by Crippen LogP contribution is 2.42. The summed E-state index contributed by atoms with van der Waals surface area (Å²) in [4.78, 5) is 11.6. The van der Waals surface area contributed by atoms with Crippen LogP contribution < -0.4 is 10.6 Å². The van der Waals surface area contributed by atoms with Crippen molar-refractivity contribution in [2.75, 3.05) is 45.6 Å². The van der Waals surface area contributed by atoms with Gasteiger partial charge in [0, 0.05) is 29.7 Å². The average Bonchev–Trinajstić information content (AvgIpc) is 2.67. The fourth-order valence-electron chi connectivity index (χ4n) is 4.03. The topological polar surface area (TPSA) is 53.1 Å². The molecule has 1 aliphatic heterocycles. The van der Waals surface area contributed by atoms with Crippen LogP contribution in [0.3, 0.4) is 0 Å². The molecule has 0 saturated carbocycles. The molecule has 0 amide bonds. The molecule has 27 heavy (non-hydrogen) atoms. The van der Waals surface area contributed by atoms with E-state index < -0.39 is 0 Å². The Morgan fingerprint density at radius 3 is 2.67 bits per heavy atom. The Labute approximate surface area is 167 Å². The van der Waals surface area contributed by atoms with Crippen LogP contribution in [0, 0.1) is 5.92 Å². The third kappa shape index (κ3) is 4.78. The van der Waals surface area contributed by atoms with Crippen molar-refractivity contribution in [3.63, 3.8) is 0 Å². The third-order valence-electron chi connectivity index (χ3n) is 5.28. The Morgan fingerprint density at radius 1 is 1.22 bits per heavy atom. The summed E-state index contributed by atoms with van der Waals surface area (Å²) in [5.41, 5.74) is 2.05. The summed E-state index contributed by atoms with van der Waals surface area (Å²) >= 11 is 6.60. The van der Waals surface area contributed by atoms with Crippen molar-refractivity contribution in [1.29, 1.82) is 0 Å². The van der Waals surface area contributed by atoms with Gasteiger partial charge in [-0.15, -0.1) is 0 Å². The largest absolute Gasteiger partial charge is 0.354 e. The quantitative estimate of drug-likeness (QED) is 0.762. The molecule has 1 aliphatic rings. The first kappa shape index (κ1) is 20.1. The summed E-state index contributed by atoms with van der Waals surface area (Å²) in [6.45, 7) is 6.02. The molecule has 1 saturated heterocycles. The predicted molar refractivity (Wildman–Crippen MR) is 113 cm³/mol. The van der Waals surface area contributed by atoms with Crippen LogP contribution in [0.1, 0.15) is 31.0 Å². The number of benzene rings is 1. The second kappa shape index (κ2) is 9.00. The van der Waals surface area contributed by atoms with Gasteiger partial charge >= 0.3 is 0 Å². The Hall–Kier alpha value is -1.69. The molecule has 2 aromatic rings. The number of hydrogen-bond acceptors (Lipinski definition) is 5. The minimum atomic E-state index is -0.168. The third-order valence-corrected chi connectivity index (χ3v) is 5.61. The van der Waals surface area contributed by atoms with Gasteiger partial charge in [-0.2, -0.15) is 0 Å². The molecule has 146 valence electrons. The molecule has 1 aromatic carbocycles. The number of rotatable bonds is 7. The molecule has 2 heterocycles. The molecule has 0 bridgehead atoms. The van der Waals surface area contributed by atoms with E-state index >= 15 is 0 Å². The van der Waals surface area contributed by atoms with Crippen molar-refractivity contribution >= 4 is 17.5 Å². The van der Waals surface area contributed by atoms with Crippen LogP contribution in [-0.4, -0.2) is 55.1 Å². The number of piperidine rings is 1. The van der Waals surface area contributed by atoms with Crippen LogP contribution in [0.2, 0.25) is 5.02 Å². The number of halogens is 1. The van der Waals surface area contributed by atoms with Crippen molar-refractivity contribution in [3.05, 3.63) is 52.8 Å². The van der Waals surface area contributed by atoms with E-state index in [4.69, 9.17) is 16.6 Å². The van der Waals surface area contributed by atoms with Crippen molar-refractivity contribution in [1.82, 2.24) is 20.2 Å². The summed E-state index contributed by atoms with van der Waals surface area (Å²) in [5, 5.41) is 7.69. The molecule has 0 aliphatic carbocycles. The van der Waals surface area contributed by atoms with Crippen molar-refractivity contribution < 1.29 is 0 Å². The normalized spacial score (nSPS) is 17.7. The van der Waals surface area contributed by atoms with Gasteiger partial charge < -0.3 is 15.5 Å². The van der Waals surface area contributed by atoms with Gasteiger partial charge in [0.1, 0.15) is 0 Å². The summed E-state index contributed by atoms with van der Waals surface area (Å²) in [6.07, 6.45) is 3.82. The van der Waals surface area contributed by atoms with Gasteiger partial charge in [0.15, 0.2) is 0 Å². The molecule has 2 N–H and O–H groups in total. The van der Waals surface area contributed by atoms with Crippen LogP contribution in [-0.2, 0) is 5.41 Å². The van der Waals surface area contributed by atoms with E-state index in [1.54, 1.807) is 0 Å². The minimum Gasteiger partial charge on any atom is -0.354 e. The number of nitrogens with one attached hydrogen (secondary N) is 2. The van der Waals surface area contributed by atoms with E-state index in [1.165, 1.54) is 5.56 Å². The Morgan fingerprint density at radius 2 is 1.96 bits per heavy atom. The first-order chi connectivity index (χ1) is 13.0. The molecular weight excluding hydrogens is 358 g/mol. The summed E-state index contributed by atoms with van der Waals surface area (Å²) in [5.74, 6) is 1.21. The zero-order valence-electron chi connectivity index (χ0n) is 16.5. The molecule has 0 unspecified atom stereocenters. The lowest BCUT2D eigenvalue weighted by molar-refractivity contribution is 0.346. The van der Waals surface area contributed by atoms with E-state index in [0.29, 0.717) is 11.9 Å². The second-order valence-corrected chi connectivity index (χ2v) is 8.23. The SMILES string of the molecule is C[C@H](CNc1nccc(C2(c3ccccc3Cl)CCNCC2)n1)CN(C)C. The van der Waals surface area contributed by atoms with E-state index in [-0.39, 0.29) is 5.41 Å². The smallest absolute Gasteiger partial charge is 0.222 e. The zero-order chi connectivity index (χ0) is 19.3. The van der Waals surface area contributed by atoms with Gasteiger partial charge in [-0.1, -0.05) is 36.7 Å². The summed E-state index contributed by atoms with van der Waals surface area (Å²) in [7, 11) is 4.19. The Kier molecular flexibility index (Phi) is 6.68. The molecule has 0 spiro atoms. The maximum atomic E-state index is 6.60. The van der Waals surface area contributed by atoms with E-state index in [1.807, 2.05) is 24.4 Å². The maximum absolute atomic E-state index is 6.60. The molecule has 0 radical (unpaired) electrons. The fourth-order valence-corrected chi connectivity index (χ4v) is 4.35. The monoisotopic (exact) mass is 387 g/mol. The van der Waals surface area contributed by atoms with Crippen LogP contribution >= 0.6 is 11.6 Å². The van der Waals surface area contributed by atoms with Crippen LogP contribution in [0.5, 0.6) is 0 Å². The van der Waals surface area contributed by atoms with E-state index in [2.05, 4.69) is 53.7 Å². The van der Waals surface area contributed by atoms with Crippen molar-refractivity contribution in [2.45, 2.75) is 25.2 Å². The fraction of sp³-hybridized carbons (Fsp3) is 0.524. The van der Waals surface area contributed by atoms with Crippen LogP contribution in [0.25, 0.3) is 0 Å². The van der Waals surface area contributed by atoms with Crippen molar-refractivity contribution in [2.24, 2.45) is 5.92 Å². The molecule has 5 nitrogen and oxygen atoms in total. The number of nitrogens with zero attached hydrogens (tertiary/aromatic N) is 3. The summed E-state index contributed by atoms with van der Waals surface area (Å²) in [6, 6.07) is 10.2. The summed E-state index contributed by atoms with van der Waals surface area (Å²) < 4.78 is 0. The van der Waals surface area contributed by atoms with Gasteiger partial charge in [-0.25, -0.2) is 9.97 Å². The first-order valence-corrected chi connectivity index (χ1v) is 10.1. The van der Waals surface area contributed by atoms with Crippen LogP contribution in [0.4, 0.5) is 5.95 Å². The van der Waals surface area contributed by atoms with E-state index in [0.717, 1.165) is 49.7 Å². The Bertz CT molecular complexity index is 743. The highest BCUT2D eigenvalue weighted by molar-refractivity contribution is 6.31. The van der Waals surface area contributed by atoms with Gasteiger partial charge in [-0.3, -0.25) is 0 Å². The second-order valence-electron chi connectivity index (χ2n) is 7.83. The zero-order valence-corrected chi connectivity index (χ0v) is 17.3. The molecule has 1 atom stereocenters.